The number of esters is 1. The van der Waals surface area contributed by atoms with Gasteiger partial charge >= 0.3 is 5.97 Å². The van der Waals surface area contributed by atoms with Gasteiger partial charge in [-0.1, -0.05) is 18.5 Å². The molecular formula is C20H21ClN2O4. The lowest BCUT2D eigenvalue weighted by molar-refractivity contribution is -0.145. The van der Waals surface area contributed by atoms with E-state index in [1.54, 1.807) is 36.4 Å². The summed E-state index contributed by atoms with van der Waals surface area (Å²) < 4.78 is 11.2. The monoisotopic (exact) mass is 388 g/mol. The minimum Gasteiger partial charge on any atom is -0.490 e. The maximum atomic E-state index is 11.7. The molecule has 6 nitrogen and oxygen atoms in total. The Kier molecular flexibility index (Phi) is 7.47. The van der Waals surface area contributed by atoms with Gasteiger partial charge in [-0.3, -0.25) is 4.79 Å². The number of anilines is 1. The summed E-state index contributed by atoms with van der Waals surface area (Å²) in [6.45, 7) is 3.22. The summed E-state index contributed by atoms with van der Waals surface area (Å²) in [4.78, 5) is 11.7. The zero-order chi connectivity index (χ0) is 19.8. The summed E-state index contributed by atoms with van der Waals surface area (Å²) in [7, 11) is 0. The predicted octanol–water partition coefficient (Wildman–Crippen LogP) is 3.82. The number of nitrogens with one attached hydrogen (secondary N) is 1. The maximum Gasteiger partial charge on any atom is 0.304 e. The number of hydrogen-bond acceptors (Lipinski definition) is 6. The van der Waals surface area contributed by atoms with Gasteiger partial charge in [0, 0.05) is 17.6 Å². The Bertz CT molecular complexity index is 831. The van der Waals surface area contributed by atoms with Crippen LogP contribution in [0.4, 0.5) is 5.69 Å². The van der Waals surface area contributed by atoms with Crippen LogP contribution in [0, 0.1) is 11.3 Å². The maximum absolute atomic E-state index is 11.7. The number of carbonyl (C=O) groups excluding carboxylic acids is 1. The van der Waals surface area contributed by atoms with Crippen LogP contribution in [-0.2, 0) is 16.0 Å². The van der Waals surface area contributed by atoms with Crippen molar-refractivity contribution in [3.8, 4) is 11.8 Å². The first-order chi connectivity index (χ1) is 13.0. The second kappa shape index (κ2) is 9.81. The number of ether oxygens (including phenoxy) is 2. The zero-order valence-corrected chi connectivity index (χ0v) is 15.9. The molecule has 0 radical (unpaired) electrons. The van der Waals surface area contributed by atoms with E-state index in [1.165, 1.54) is 6.92 Å². The molecule has 7 heteroatoms. The van der Waals surface area contributed by atoms with E-state index in [0.717, 1.165) is 5.56 Å². The Morgan fingerprint density at radius 1 is 1.33 bits per heavy atom. The molecule has 0 bridgehead atoms. The predicted molar refractivity (Wildman–Crippen MR) is 103 cm³/mol. The van der Waals surface area contributed by atoms with Gasteiger partial charge in [-0.05, 0) is 48.4 Å². The van der Waals surface area contributed by atoms with Crippen LogP contribution in [0.2, 0.25) is 5.02 Å². The second-order valence-electron chi connectivity index (χ2n) is 5.73. The van der Waals surface area contributed by atoms with Gasteiger partial charge in [0.15, 0.2) is 0 Å². The van der Waals surface area contributed by atoms with Crippen molar-refractivity contribution in [1.29, 1.82) is 5.26 Å². The molecule has 0 aliphatic carbocycles. The van der Waals surface area contributed by atoms with Crippen LogP contribution in [0.1, 0.15) is 36.8 Å². The molecule has 2 N–H and O–H groups in total. The fraction of sp³-hybridized carbons (Fsp3) is 0.300. The molecule has 0 fully saturated rings. The molecule has 2 aromatic carbocycles. The van der Waals surface area contributed by atoms with E-state index >= 15 is 0 Å². The molecular weight excluding hydrogens is 368 g/mol. The van der Waals surface area contributed by atoms with Crippen molar-refractivity contribution in [2.75, 3.05) is 18.5 Å². The number of hydrogen-bond donors (Lipinski definition) is 2. The quantitative estimate of drug-likeness (QED) is 0.527. The first-order valence-corrected chi connectivity index (χ1v) is 8.86. The Morgan fingerprint density at radius 2 is 2.04 bits per heavy atom. The van der Waals surface area contributed by atoms with Crippen molar-refractivity contribution in [3.05, 3.63) is 58.1 Å². The van der Waals surface area contributed by atoms with Gasteiger partial charge < -0.3 is 19.9 Å². The van der Waals surface area contributed by atoms with E-state index < -0.39 is 12.2 Å². The fourth-order valence-electron chi connectivity index (χ4n) is 2.58. The largest absolute Gasteiger partial charge is 0.490 e. The molecule has 0 aliphatic heterocycles. The van der Waals surface area contributed by atoms with Crippen molar-refractivity contribution in [2.24, 2.45) is 0 Å². The average molecular weight is 389 g/mol. The number of aliphatic hydroxyl groups is 1. The SMILES string of the molecule is CCc1cc(Cl)cc(C(Nc2ccc(C#N)cc2)OC(C)=O)c1OCCO. The molecule has 0 aliphatic rings. The van der Waals surface area contributed by atoms with Crippen molar-refractivity contribution in [3.63, 3.8) is 0 Å². The molecule has 27 heavy (non-hydrogen) atoms. The molecule has 0 aromatic heterocycles. The van der Waals surface area contributed by atoms with Gasteiger partial charge in [0.25, 0.3) is 0 Å². The fourth-order valence-corrected chi connectivity index (χ4v) is 2.83. The van der Waals surface area contributed by atoms with Crippen LogP contribution < -0.4 is 10.1 Å². The lowest BCUT2D eigenvalue weighted by Crippen LogP contribution is -2.19. The first-order valence-electron chi connectivity index (χ1n) is 8.48. The van der Waals surface area contributed by atoms with Gasteiger partial charge in [-0.25, -0.2) is 0 Å². The smallest absolute Gasteiger partial charge is 0.304 e. The second-order valence-corrected chi connectivity index (χ2v) is 6.17. The minimum atomic E-state index is -0.854. The molecule has 2 aromatic rings. The van der Waals surface area contributed by atoms with Crippen LogP contribution in [-0.4, -0.2) is 24.3 Å². The van der Waals surface area contributed by atoms with Gasteiger partial charge in [0.05, 0.1) is 23.8 Å². The molecule has 0 spiro atoms. The van der Waals surface area contributed by atoms with Crippen LogP contribution in [0.5, 0.6) is 5.75 Å². The molecule has 1 atom stereocenters. The number of aliphatic hydroxyl groups excluding tert-OH is 1. The summed E-state index contributed by atoms with van der Waals surface area (Å²) in [6.07, 6.45) is -0.203. The Morgan fingerprint density at radius 3 is 2.59 bits per heavy atom. The summed E-state index contributed by atoms with van der Waals surface area (Å²) in [5, 5.41) is 21.7. The van der Waals surface area contributed by atoms with Gasteiger partial charge in [-0.15, -0.1) is 0 Å². The van der Waals surface area contributed by atoms with Crippen molar-refractivity contribution >= 4 is 23.3 Å². The van der Waals surface area contributed by atoms with Gasteiger partial charge in [0.2, 0.25) is 6.23 Å². The van der Waals surface area contributed by atoms with Crippen LogP contribution in [0.25, 0.3) is 0 Å². The van der Waals surface area contributed by atoms with Crippen LogP contribution in [0.15, 0.2) is 36.4 Å². The number of carbonyl (C=O) groups is 1. The molecule has 1 unspecified atom stereocenters. The standard InChI is InChI=1S/C20H21ClN2O4/c1-3-15-10-16(21)11-18(19(15)26-9-8-24)20(27-13(2)25)23-17-6-4-14(12-22)5-7-17/h4-7,10-11,20,23-24H,3,8-9H2,1-2H3. The van der Waals surface area contributed by atoms with E-state index in [9.17, 15) is 4.79 Å². The third kappa shape index (κ3) is 5.61. The molecule has 2 rings (SSSR count). The highest BCUT2D eigenvalue weighted by Crippen LogP contribution is 2.35. The van der Waals surface area contributed by atoms with Crippen LogP contribution in [0.3, 0.4) is 0 Å². The number of nitrogens with zero attached hydrogens (tertiary/aromatic N) is 1. The Hall–Kier alpha value is -2.75. The van der Waals surface area contributed by atoms with E-state index in [-0.39, 0.29) is 13.2 Å². The lowest BCUT2D eigenvalue weighted by atomic mass is 10.0. The number of halogens is 1. The number of aryl methyl sites for hydroxylation is 1. The van der Waals surface area contributed by atoms with E-state index in [1.807, 2.05) is 6.92 Å². The summed E-state index contributed by atoms with van der Waals surface area (Å²) in [5.41, 5.74) is 2.57. The number of rotatable bonds is 8. The highest BCUT2D eigenvalue weighted by molar-refractivity contribution is 6.30. The molecule has 0 saturated carbocycles. The average Bonchev–Trinajstić information content (AvgIpc) is 2.66. The Labute approximate surface area is 163 Å². The molecule has 142 valence electrons. The lowest BCUT2D eigenvalue weighted by Gasteiger charge is -2.24. The topological polar surface area (TPSA) is 91.6 Å². The zero-order valence-electron chi connectivity index (χ0n) is 15.2. The van der Waals surface area contributed by atoms with Crippen LogP contribution >= 0.6 is 11.6 Å². The number of nitriles is 1. The highest BCUT2D eigenvalue weighted by atomic mass is 35.5. The molecule has 0 saturated heterocycles. The molecule has 0 heterocycles. The third-order valence-electron chi connectivity index (χ3n) is 3.76. The van der Waals surface area contributed by atoms with Crippen molar-refractivity contribution in [2.45, 2.75) is 26.5 Å². The third-order valence-corrected chi connectivity index (χ3v) is 3.97. The van der Waals surface area contributed by atoms with Crippen molar-refractivity contribution < 1.29 is 19.4 Å². The van der Waals surface area contributed by atoms with E-state index in [2.05, 4.69) is 11.4 Å². The summed E-state index contributed by atoms with van der Waals surface area (Å²) >= 11 is 6.25. The normalized spacial score (nSPS) is 11.4. The van der Waals surface area contributed by atoms with Gasteiger partial charge in [0.1, 0.15) is 12.4 Å². The van der Waals surface area contributed by atoms with E-state index in [0.29, 0.717) is 34.0 Å². The summed E-state index contributed by atoms with van der Waals surface area (Å²) in [5.74, 6) is 0.0376. The van der Waals surface area contributed by atoms with Gasteiger partial charge in [-0.2, -0.15) is 5.26 Å². The van der Waals surface area contributed by atoms with E-state index in [4.69, 9.17) is 31.4 Å². The first kappa shape index (κ1) is 20.6. The highest BCUT2D eigenvalue weighted by Gasteiger charge is 2.22. The van der Waals surface area contributed by atoms with Crippen molar-refractivity contribution in [1.82, 2.24) is 0 Å². The minimum absolute atomic E-state index is 0.102. The Balaban J connectivity index is 2.46. The molecule has 0 amide bonds. The summed E-state index contributed by atoms with van der Waals surface area (Å²) in [6, 6.07) is 12.2. The number of benzene rings is 2.